The molecule has 2 aromatic heterocycles. The van der Waals surface area contributed by atoms with Crippen LogP contribution in [-0.2, 0) is 15.3 Å². The number of pyridine rings is 1. The van der Waals surface area contributed by atoms with Gasteiger partial charge in [-0.15, -0.1) is 36.2 Å². The number of nitrogens with two attached hydrogens (primary N) is 3. The number of carbonyl (C=O) groups excluding carboxylic acids is 1. The summed E-state index contributed by atoms with van der Waals surface area (Å²) < 4.78 is 5.90. The van der Waals surface area contributed by atoms with E-state index in [0.717, 1.165) is 16.3 Å². The van der Waals surface area contributed by atoms with Gasteiger partial charge in [-0.25, -0.2) is 14.8 Å². The van der Waals surface area contributed by atoms with E-state index < -0.39 is 24.0 Å². The van der Waals surface area contributed by atoms with Gasteiger partial charge in [0, 0.05) is 40.4 Å². The van der Waals surface area contributed by atoms with Crippen molar-refractivity contribution in [2.75, 3.05) is 25.4 Å². The fourth-order valence-corrected chi connectivity index (χ4v) is 7.09. The van der Waals surface area contributed by atoms with Gasteiger partial charge < -0.3 is 37.7 Å². The number of nitrogen functional groups attached to an aromatic ring is 1. The van der Waals surface area contributed by atoms with Crippen molar-refractivity contribution in [3.8, 4) is 39.6 Å². The van der Waals surface area contributed by atoms with Crippen LogP contribution in [-0.4, -0.2) is 64.7 Å². The van der Waals surface area contributed by atoms with Gasteiger partial charge in [0.15, 0.2) is 5.96 Å². The normalized spacial score (nSPS) is 11.5. The highest BCUT2D eigenvalue weighted by Gasteiger charge is 2.27. The number of carbonyl (C=O) groups is 2. The number of ether oxygens (including phenoxy) is 1. The first-order chi connectivity index (χ1) is 25.4. The number of thiazole rings is 1. The molecule has 0 aliphatic heterocycles. The number of carboxylic acids is 1. The summed E-state index contributed by atoms with van der Waals surface area (Å²) in [5.41, 5.74) is 20.0. The van der Waals surface area contributed by atoms with Crippen molar-refractivity contribution in [2.45, 2.75) is 49.6 Å². The summed E-state index contributed by atoms with van der Waals surface area (Å²) in [6, 6.07) is 16.8. The van der Waals surface area contributed by atoms with Gasteiger partial charge >= 0.3 is 5.97 Å². The molecule has 0 aliphatic carbocycles. The number of aliphatic carboxylic acids is 1. The van der Waals surface area contributed by atoms with Crippen LogP contribution >= 0.6 is 59.5 Å². The molecule has 0 saturated carbocycles. The molecule has 0 fully saturated rings. The molecule has 2 atom stereocenters. The Morgan fingerprint density at radius 1 is 1.04 bits per heavy atom. The van der Waals surface area contributed by atoms with E-state index in [1.165, 1.54) is 23.1 Å². The third-order valence-electron chi connectivity index (χ3n) is 7.81. The minimum Gasteiger partial charge on any atom is -0.492 e. The van der Waals surface area contributed by atoms with Crippen LogP contribution in [0.4, 0.5) is 5.82 Å². The lowest BCUT2D eigenvalue weighted by atomic mass is 9.97. The van der Waals surface area contributed by atoms with Gasteiger partial charge in [-0.3, -0.25) is 9.79 Å². The number of nitrogens with zero attached hydrogens (tertiary/aromatic N) is 5. The number of thioether (sulfide) groups is 1. The van der Waals surface area contributed by atoms with Gasteiger partial charge in [0.25, 0.3) is 0 Å². The van der Waals surface area contributed by atoms with E-state index in [9.17, 15) is 25.2 Å². The fourth-order valence-electron chi connectivity index (χ4n) is 5.15. The number of anilines is 1. The lowest BCUT2D eigenvalue weighted by Crippen LogP contribution is -2.52. The molecule has 0 bridgehead atoms. The zero-order chi connectivity index (χ0) is 38.5. The van der Waals surface area contributed by atoms with E-state index in [1.807, 2.05) is 17.5 Å². The van der Waals surface area contributed by atoms with E-state index in [4.69, 9.17) is 38.5 Å². The smallest absolute Gasteiger partial charge is 0.326 e. The summed E-state index contributed by atoms with van der Waals surface area (Å²) in [6.07, 6.45) is 0.837. The van der Waals surface area contributed by atoms with Gasteiger partial charge in [0.2, 0.25) is 5.91 Å². The average Bonchev–Trinajstić information content (AvgIpc) is 3.61. The highest BCUT2D eigenvalue weighted by Crippen LogP contribution is 2.37. The Bertz CT molecular complexity index is 2010. The summed E-state index contributed by atoms with van der Waals surface area (Å²) in [7, 11) is 0. The number of amides is 1. The number of guanidine groups is 1. The highest BCUT2D eigenvalue weighted by atomic mass is 35.5. The maximum absolute atomic E-state index is 13.0. The predicted octanol–water partition coefficient (Wildman–Crippen LogP) is 5.60. The second-order valence-electron chi connectivity index (χ2n) is 12.0. The number of carboxylic acid groups (broad SMARTS) is 1. The first-order valence-electron chi connectivity index (χ1n) is 16.4. The second-order valence-corrected chi connectivity index (χ2v) is 14.2. The predicted molar refractivity (Wildman–Crippen MR) is 222 cm³/mol. The van der Waals surface area contributed by atoms with Crippen LogP contribution in [0.1, 0.15) is 43.5 Å². The Kier molecular flexibility index (Phi) is 19.0. The molecule has 0 radical (unpaired) electrons. The van der Waals surface area contributed by atoms with E-state index in [0.29, 0.717) is 52.1 Å². The number of benzene rings is 2. The Morgan fingerprint density at radius 2 is 1.69 bits per heavy atom. The summed E-state index contributed by atoms with van der Waals surface area (Å²) in [4.78, 5) is 37.7. The second kappa shape index (κ2) is 22.5. The maximum Gasteiger partial charge on any atom is 0.326 e. The van der Waals surface area contributed by atoms with Crippen molar-refractivity contribution < 1.29 is 19.4 Å². The minimum atomic E-state index is -1.12. The van der Waals surface area contributed by atoms with Crippen LogP contribution in [0.25, 0.3) is 21.7 Å². The summed E-state index contributed by atoms with van der Waals surface area (Å²) in [5.74, 6) is -1.00. The molecule has 2 heterocycles. The number of nitriles is 2. The van der Waals surface area contributed by atoms with E-state index >= 15 is 0 Å². The first kappa shape index (κ1) is 46.3. The SMILES string of the molecule is CC(C)[C@H](NC(=O)[C@H](CCCN=C(N)N)NCCOc1ccc(-c2c(C#N)c(N)nc(SCc3csc(-c4ccc(Cl)cc4)n3)c2C#N)cc1)C(=O)O.Cl.Cl. The van der Waals surface area contributed by atoms with Crippen LogP contribution in [0.15, 0.2) is 63.9 Å². The van der Waals surface area contributed by atoms with E-state index in [-0.39, 0.29) is 66.8 Å². The zero-order valence-corrected chi connectivity index (χ0v) is 33.8. The first-order valence-corrected chi connectivity index (χ1v) is 18.7. The average molecular weight is 848 g/mol. The van der Waals surface area contributed by atoms with Crippen molar-refractivity contribution in [1.82, 2.24) is 20.6 Å². The molecule has 14 nitrogen and oxygen atoms in total. The van der Waals surface area contributed by atoms with Crippen LogP contribution in [0.5, 0.6) is 5.75 Å². The van der Waals surface area contributed by atoms with Crippen molar-refractivity contribution in [1.29, 1.82) is 10.5 Å². The molecule has 0 unspecified atom stereocenters. The number of aliphatic imine (C=N–C) groups is 1. The van der Waals surface area contributed by atoms with Crippen LogP contribution < -0.4 is 32.6 Å². The Labute approximate surface area is 344 Å². The van der Waals surface area contributed by atoms with Crippen molar-refractivity contribution in [3.63, 3.8) is 0 Å². The zero-order valence-electron chi connectivity index (χ0n) is 29.8. The van der Waals surface area contributed by atoms with Crippen LogP contribution in [0.2, 0.25) is 5.02 Å². The Balaban J connectivity index is 0.00000523. The monoisotopic (exact) mass is 846 g/mol. The largest absolute Gasteiger partial charge is 0.492 e. The molecule has 1 amide bonds. The van der Waals surface area contributed by atoms with Crippen molar-refractivity contribution in [3.05, 3.63) is 75.8 Å². The van der Waals surface area contributed by atoms with E-state index in [2.05, 4.69) is 32.7 Å². The summed E-state index contributed by atoms with van der Waals surface area (Å²) >= 11 is 8.82. The van der Waals surface area contributed by atoms with Gasteiger partial charge in [-0.05, 0) is 48.6 Å². The number of hydrogen-bond donors (Lipinski definition) is 6. The summed E-state index contributed by atoms with van der Waals surface area (Å²) in [5, 5.41) is 39.3. The number of rotatable bonds is 18. The van der Waals surface area contributed by atoms with Crippen molar-refractivity contribution >= 4 is 83.2 Å². The molecule has 9 N–H and O–H groups in total. The molecule has 0 saturated heterocycles. The molecule has 0 aliphatic rings. The Hall–Kier alpha value is -4.81. The van der Waals surface area contributed by atoms with Gasteiger partial charge in [0.05, 0.1) is 17.3 Å². The minimum absolute atomic E-state index is 0. The Morgan fingerprint density at radius 3 is 2.29 bits per heavy atom. The standard InChI is InChI=1S/C36H39ClN10O4S2.2ClH/c1-20(2)30(35(49)50)46-32(48)28(4-3-13-44-36(41)42)43-14-15-51-25-11-7-21(8-12-25)29-26(16-38)31(40)47-34(27(29)17-39)53-19-24-18-52-33(45-24)22-5-9-23(37)10-6-22;;/h5-12,18,20,28,30,43H,3-4,13-15,19H2,1-2H3,(H2,40,47)(H,46,48)(H,49,50)(H4,41,42,44);2*1H/t28-,30-;;/m0../s1. The van der Waals surface area contributed by atoms with E-state index in [1.54, 1.807) is 50.2 Å². The van der Waals surface area contributed by atoms with Crippen molar-refractivity contribution in [2.24, 2.45) is 22.4 Å². The summed E-state index contributed by atoms with van der Waals surface area (Å²) in [6.45, 7) is 4.18. The molecule has 4 aromatic rings. The number of nitrogens with one attached hydrogen (secondary N) is 2. The maximum atomic E-state index is 13.0. The molecular formula is C36H41Cl3N10O4S2. The fraction of sp³-hybridized carbons (Fsp3) is 0.306. The molecule has 19 heteroatoms. The highest BCUT2D eigenvalue weighted by molar-refractivity contribution is 7.98. The number of hydrogen-bond acceptors (Lipinski definition) is 12. The van der Waals surface area contributed by atoms with Gasteiger partial charge in [-0.2, -0.15) is 10.5 Å². The third kappa shape index (κ3) is 13.2. The number of halogens is 3. The van der Waals surface area contributed by atoms with Gasteiger partial charge in [0.1, 0.15) is 52.0 Å². The van der Waals surface area contributed by atoms with Crippen LogP contribution in [0, 0.1) is 28.6 Å². The lowest BCUT2D eigenvalue weighted by Gasteiger charge is -2.23. The molecule has 4 rings (SSSR count). The van der Waals surface area contributed by atoms with Gasteiger partial charge in [-0.1, -0.05) is 61.5 Å². The molecule has 2 aromatic carbocycles. The molecular weight excluding hydrogens is 807 g/mol. The molecule has 292 valence electrons. The quantitative estimate of drug-likeness (QED) is 0.0309. The van der Waals surface area contributed by atoms with Crippen LogP contribution in [0.3, 0.4) is 0 Å². The lowest BCUT2D eigenvalue weighted by molar-refractivity contribution is -0.143. The molecule has 0 spiro atoms. The third-order valence-corrected chi connectivity index (χ3v) is 10.0. The molecule has 55 heavy (non-hydrogen) atoms. The number of aromatic nitrogens is 2. The topological polar surface area (TPSA) is 251 Å².